The highest BCUT2D eigenvalue weighted by Crippen LogP contribution is 2.43. The summed E-state index contributed by atoms with van der Waals surface area (Å²) >= 11 is 0. The quantitative estimate of drug-likeness (QED) is 0.176. The van der Waals surface area contributed by atoms with E-state index in [-0.39, 0.29) is 0 Å². The number of rotatable bonds is 5. The second-order valence-corrected chi connectivity index (χ2v) is 15.1. The second-order valence-electron chi connectivity index (χ2n) is 15.1. The average Bonchev–Trinajstić information content (AvgIpc) is 3.82. The Morgan fingerprint density at radius 1 is 0.431 bits per heavy atom. The third-order valence-corrected chi connectivity index (χ3v) is 11.8. The Morgan fingerprint density at radius 2 is 1.09 bits per heavy atom. The molecule has 58 heavy (non-hydrogen) atoms. The van der Waals surface area contributed by atoms with Crippen molar-refractivity contribution in [2.24, 2.45) is 0 Å². The van der Waals surface area contributed by atoms with Gasteiger partial charge in [0.25, 0.3) is 0 Å². The van der Waals surface area contributed by atoms with Gasteiger partial charge in [0, 0.05) is 44.4 Å². The van der Waals surface area contributed by atoms with Crippen LogP contribution >= 0.6 is 0 Å². The third kappa shape index (κ3) is 5.00. The molecule has 0 amide bonds. The Labute approximate surface area is 334 Å². The van der Waals surface area contributed by atoms with Crippen molar-refractivity contribution in [2.75, 3.05) is 0 Å². The van der Waals surface area contributed by atoms with Crippen LogP contribution in [-0.4, -0.2) is 24.1 Å². The van der Waals surface area contributed by atoms with E-state index in [1.54, 1.807) is 6.20 Å². The number of hydrogen-bond donors (Lipinski definition) is 0. The van der Waals surface area contributed by atoms with Gasteiger partial charge in [-0.25, -0.2) is 9.97 Å². The van der Waals surface area contributed by atoms with Crippen LogP contribution in [0.1, 0.15) is 12.8 Å². The van der Waals surface area contributed by atoms with Crippen molar-refractivity contribution in [1.29, 1.82) is 0 Å². The summed E-state index contributed by atoms with van der Waals surface area (Å²) in [6.45, 7) is 0. The first-order valence-corrected chi connectivity index (χ1v) is 19.9. The standard InChI is InChI=1S/C53H35N5/c1-3-14-34(15-4-1)35-25-27-36(28-26-35)51-43-22-13-31-54-52(43)56-53(55-51)58-46-23-11-9-19-40(46)45-32-37(29-30-48(45)58)44-33-49-50(41-20-8-7-18-39(41)44)42-21-10-12-24-47(42)57(49)38-16-5-2-6-17-38/h1,3-5,7-33H,2,6H2. The SMILES string of the molecule is C1=CC(n2c3ccccc3c3c4ccccc4c(-c4ccc5c(c4)c4ccccc4n5-c4nc(-c5ccc(-c6ccccc6)cc5)c5cccnc5n4)cc32)=CCC1. The summed E-state index contributed by atoms with van der Waals surface area (Å²) < 4.78 is 4.66. The fourth-order valence-electron chi connectivity index (χ4n) is 9.19. The molecule has 4 aromatic heterocycles. The number of para-hydroxylation sites is 2. The molecule has 1 aliphatic carbocycles. The first kappa shape index (κ1) is 32.6. The number of nitrogens with zero attached hydrogens (tertiary/aromatic N) is 5. The van der Waals surface area contributed by atoms with Gasteiger partial charge in [0.05, 0.1) is 27.8 Å². The van der Waals surface area contributed by atoms with Crippen LogP contribution in [0.25, 0.3) is 111 Å². The molecule has 0 saturated carbocycles. The van der Waals surface area contributed by atoms with Crippen LogP contribution in [0, 0.1) is 0 Å². The molecule has 7 aromatic carbocycles. The van der Waals surface area contributed by atoms with Crippen LogP contribution in [0.3, 0.4) is 0 Å². The summed E-state index contributed by atoms with van der Waals surface area (Å²) in [6, 6.07) is 58.7. The van der Waals surface area contributed by atoms with Gasteiger partial charge < -0.3 is 4.57 Å². The predicted molar refractivity (Wildman–Crippen MR) is 241 cm³/mol. The van der Waals surface area contributed by atoms with Gasteiger partial charge >= 0.3 is 0 Å². The summed E-state index contributed by atoms with van der Waals surface area (Å²) in [5.41, 5.74) is 13.0. The normalized spacial score (nSPS) is 13.1. The first-order chi connectivity index (χ1) is 28.8. The Bertz CT molecular complexity index is 3500. The number of aromatic nitrogens is 5. The number of pyridine rings is 1. The van der Waals surface area contributed by atoms with Gasteiger partial charge in [-0.1, -0.05) is 133 Å². The minimum absolute atomic E-state index is 0.595. The van der Waals surface area contributed by atoms with Crippen molar-refractivity contribution in [3.63, 3.8) is 0 Å². The lowest BCUT2D eigenvalue weighted by atomic mass is 9.94. The summed E-state index contributed by atoms with van der Waals surface area (Å²) in [5, 5.41) is 8.27. The summed E-state index contributed by atoms with van der Waals surface area (Å²) in [7, 11) is 0. The van der Waals surface area contributed by atoms with Gasteiger partial charge in [-0.3, -0.25) is 4.57 Å². The molecule has 0 bridgehead atoms. The molecule has 4 heterocycles. The van der Waals surface area contributed by atoms with Gasteiger partial charge in [-0.05, 0) is 94.4 Å². The molecule has 1 aliphatic rings. The van der Waals surface area contributed by atoms with Gasteiger partial charge in [0.2, 0.25) is 5.95 Å². The maximum Gasteiger partial charge on any atom is 0.237 e. The molecule has 0 atom stereocenters. The van der Waals surface area contributed by atoms with E-state index >= 15 is 0 Å². The number of allylic oxidation sites excluding steroid dienone is 4. The monoisotopic (exact) mass is 741 g/mol. The molecular weight excluding hydrogens is 707 g/mol. The highest BCUT2D eigenvalue weighted by Gasteiger charge is 2.21. The first-order valence-electron chi connectivity index (χ1n) is 19.9. The molecule has 0 unspecified atom stereocenters. The summed E-state index contributed by atoms with van der Waals surface area (Å²) in [4.78, 5) is 15.2. The fourth-order valence-corrected chi connectivity index (χ4v) is 9.19. The second kappa shape index (κ2) is 13.0. The van der Waals surface area contributed by atoms with Crippen molar-refractivity contribution < 1.29 is 0 Å². The topological polar surface area (TPSA) is 48.5 Å². The van der Waals surface area contributed by atoms with E-state index in [1.165, 1.54) is 55.0 Å². The van der Waals surface area contributed by atoms with E-state index in [2.05, 4.69) is 179 Å². The molecule has 5 nitrogen and oxygen atoms in total. The van der Waals surface area contributed by atoms with Crippen LogP contribution in [0.15, 0.2) is 188 Å². The van der Waals surface area contributed by atoms with E-state index < -0.39 is 0 Å². The molecule has 0 N–H and O–H groups in total. The molecule has 0 fully saturated rings. The lowest BCUT2D eigenvalue weighted by Gasteiger charge is -2.14. The minimum Gasteiger partial charge on any atom is -0.310 e. The van der Waals surface area contributed by atoms with Gasteiger partial charge in [-0.15, -0.1) is 0 Å². The summed E-state index contributed by atoms with van der Waals surface area (Å²) in [6.07, 6.45) is 10.9. The molecule has 5 heteroatoms. The number of benzene rings is 7. The lowest BCUT2D eigenvalue weighted by Crippen LogP contribution is -2.04. The highest BCUT2D eigenvalue weighted by molar-refractivity contribution is 6.25. The van der Waals surface area contributed by atoms with E-state index in [9.17, 15) is 0 Å². The zero-order valence-corrected chi connectivity index (χ0v) is 31.5. The van der Waals surface area contributed by atoms with Gasteiger partial charge in [-0.2, -0.15) is 4.98 Å². The van der Waals surface area contributed by atoms with Crippen LogP contribution in [0.5, 0.6) is 0 Å². The average molecular weight is 742 g/mol. The molecule has 0 radical (unpaired) electrons. The predicted octanol–water partition coefficient (Wildman–Crippen LogP) is 13.6. The fraction of sp³-hybridized carbons (Fsp3) is 0.0377. The molecular formula is C53H35N5. The minimum atomic E-state index is 0.595. The smallest absolute Gasteiger partial charge is 0.237 e. The van der Waals surface area contributed by atoms with E-state index in [4.69, 9.17) is 15.0 Å². The molecule has 0 saturated heterocycles. The highest BCUT2D eigenvalue weighted by atomic mass is 15.2. The maximum atomic E-state index is 5.35. The Hall–Kier alpha value is -7.63. The third-order valence-electron chi connectivity index (χ3n) is 11.8. The molecule has 272 valence electrons. The van der Waals surface area contributed by atoms with E-state index in [1.807, 2.05) is 12.1 Å². The molecule has 0 spiro atoms. The molecule has 0 aliphatic heterocycles. The Morgan fingerprint density at radius 3 is 1.90 bits per heavy atom. The van der Waals surface area contributed by atoms with Crippen LogP contribution < -0.4 is 0 Å². The largest absolute Gasteiger partial charge is 0.310 e. The maximum absolute atomic E-state index is 5.35. The van der Waals surface area contributed by atoms with Crippen molar-refractivity contribution in [3.8, 4) is 39.5 Å². The molecule has 12 rings (SSSR count). The van der Waals surface area contributed by atoms with Crippen LogP contribution in [-0.2, 0) is 0 Å². The number of hydrogen-bond acceptors (Lipinski definition) is 3. The molecule has 11 aromatic rings. The summed E-state index contributed by atoms with van der Waals surface area (Å²) in [5.74, 6) is 0.595. The van der Waals surface area contributed by atoms with E-state index in [0.717, 1.165) is 56.9 Å². The Kier molecular flexibility index (Phi) is 7.29. The van der Waals surface area contributed by atoms with Crippen molar-refractivity contribution in [3.05, 3.63) is 188 Å². The van der Waals surface area contributed by atoms with Crippen molar-refractivity contribution >= 4 is 71.1 Å². The van der Waals surface area contributed by atoms with Crippen LogP contribution in [0.2, 0.25) is 0 Å². The van der Waals surface area contributed by atoms with Gasteiger partial charge in [0.15, 0.2) is 5.65 Å². The van der Waals surface area contributed by atoms with Crippen molar-refractivity contribution in [1.82, 2.24) is 24.1 Å². The Balaban J connectivity index is 1.07. The lowest BCUT2D eigenvalue weighted by molar-refractivity contribution is 1.00. The van der Waals surface area contributed by atoms with E-state index in [0.29, 0.717) is 11.6 Å². The number of fused-ring (bicyclic) bond motifs is 9. The van der Waals surface area contributed by atoms with Crippen molar-refractivity contribution in [2.45, 2.75) is 12.8 Å². The van der Waals surface area contributed by atoms with Crippen LogP contribution in [0.4, 0.5) is 0 Å². The zero-order chi connectivity index (χ0) is 38.2. The van der Waals surface area contributed by atoms with Gasteiger partial charge in [0.1, 0.15) is 0 Å². The zero-order valence-electron chi connectivity index (χ0n) is 31.5.